The molecule has 1 atom stereocenters. The number of benzene rings is 1. The molecule has 1 aromatic heterocycles. The van der Waals surface area contributed by atoms with Crippen LogP contribution in [0.3, 0.4) is 0 Å². The Balaban J connectivity index is 1.60. The second-order valence-corrected chi connectivity index (χ2v) is 5.59. The van der Waals surface area contributed by atoms with Crippen molar-refractivity contribution >= 4 is 12.0 Å². The number of nitrogens with one attached hydrogen (secondary N) is 1. The maximum absolute atomic E-state index is 12.4. The van der Waals surface area contributed by atoms with Gasteiger partial charge in [0.15, 0.2) is 0 Å². The number of carbonyl (C=O) groups is 2. The van der Waals surface area contributed by atoms with Crippen LogP contribution in [0, 0.1) is 11.3 Å². The zero-order valence-electron chi connectivity index (χ0n) is 13.5. The maximum Gasteiger partial charge on any atom is 0.410 e. The van der Waals surface area contributed by atoms with E-state index in [1.165, 1.54) is 4.90 Å². The van der Waals surface area contributed by atoms with E-state index in [1.807, 2.05) is 12.3 Å². The van der Waals surface area contributed by atoms with E-state index in [9.17, 15) is 9.59 Å². The minimum atomic E-state index is -0.684. The highest BCUT2D eigenvalue weighted by molar-refractivity contribution is 5.87. The summed E-state index contributed by atoms with van der Waals surface area (Å²) in [5.41, 5.74) is 1.28. The van der Waals surface area contributed by atoms with Crippen molar-refractivity contribution in [2.45, 2.75) is 19.1 Å². The highest BCUT2D eigenvalue weighted by Gasteiger charge is 2.37. The normalized spacial score (nSPS) is 16.4. The van der Waals surface area contributed by atoms with Gasteiger partial charge in [0, 0.05) is 18.9 Å². The van der Waals surface area contributed by atoms with Crippen molar-refractivity contribution < 1.29 is 14.3 Å². The van der Waals surface area contributed by atoms with E-state index < -0.39 is 12.1 Å². The Morgan fingerprint density at radius 2 is 2.32 bits per heavy atom. The molecule has 0 spiro atoms. The predicted molar refractivity (Wildman–Crippen MR) is 87.1 cm³/mol. The number of rotatable bonds is 6. The Labute approximate surface area is 144 Å². The number of carbonyl (C=O) groups excluding carboxylic acids is 2. The zero-order chi connectivity index (χ0) is 17.6. The minimum Gasteiger partial charge on any atom is -0.447 e. The molecule has 25 heavy (non-hydrogen) atoms. The van der Waals surface area contributed by atoms with Gasteiger partial charge in [0.25, 0.3) is 0 Å². The molecule has 128 valence electrons. The van der Waals surface area contributed by atoms with Crippen LogP contribution in [0.4, 0.5) is 4.79 Å². The first kappa shape index (κ1) is 16.5. The molecule has 0 saturated carbocycles. The Kier molecular flexibility index (Phi) is 4.95. The van der Waals surface area contributed by atoms with Crippen molar-refractivity contribution in [3.05, 3.63) is 53.9 Å². The molecule has 0 bridgehead atoms. The van der Waals surface area contributed by atoms with E-state index >= 15 is 0 Å². The van der Waals surface area contributed by atoms with Gasteiger partial charge in [-0.05, 0) is 23.8 Å². The van der Waals surface area contributed by atoms with Crippen molar-refractivity contribution in [2.75, 3.05) is 13.2 Å². The third-order valence-corrected chi connectivity index (χ3v) is 3.89. The highest BCUT2D eigenvalue weighted by Crippen LogP contribution is 2.17. The lowest BCUT2D eigenvalue weighted by molar-refractivity contribution is -0.125. The molecular weight excluding hydrogens is 322 g/mol. The van der Waals surface area contributed by atoms with Crippen LogP contribution in [0.5, 0.6) is 0 Å². The molecule has 1 aromatic carbocycles. The summed E-state index contributed by atoms with van der Waals surface area (Å²) in [6.45, 7) is 1.18. The average Bonchev–Trinajstić information content (AvgIpc) is 3.26. The highest BCUT2D eigenvalue weighted by atomic mass is 16.6. The van der Waals surface area contributed by atoms with Crippen LogP contribution in [0.2, 0.25) is 0 Å². The third-order valence-electron chi connectivity index (χ3n) is 3.89. The molecule has 1 N–H and O–H groups in total. The quantitative estimate of drug-likeness (QED) is 0.842. The fraction of sp³-hybridized carbons (Fsp3) is 0.294. The lowest BCUT2D eigenvalue weighted by atomic mass is 10.1. The van der Waals surface area contributed by atoms with Crippen LogP contribution in [-0.4, -0.2) is 45.9 Å². The van der Waals surface area contributed by atoms with Crippen molar-refractivity contribution in [1.29, 1.82) is 5.26 Å². The molecule has 0 unspecified atom stereocenters. The summed E-state index contributed by atoms with van der Waals surface area (Å²) < 4.78 is 6.73. The van der Waals surface area contributed by atoms with Gasteiger partial charge in [-0.1, -0.05) is 12.1 Å². The SMILES string of the molecule is N#Cc1cccc(CN2C(=O)OC[C@H]2C(=O)NCCn2cccn2)c1. The molecule has 2 amide bonds. The number of hydrogen-bond acceptors (Lipinski definition) is 5. The van der Waals surface area contributed by atoms with Gasteiger partial charge in [0.2, 0.25) is 5.91 Å². The first-order chi connectivity index (χ1) is 12.2. The average molecular weight is 339 g/mol. The van der Waals surface area contributed by atoms with Gasteiger partial charge in [0.05, 0.1) is 24.7 Å². The van der Waals surface area contributed by atoms with Crippen molar-refractivity contribution in [1.82, 2.24) is 20.0 Å². The number of amides is 2. The number of hydrogen-bond donors (Lipinski definition) is 1. The first-order valence-corrected chi connectivity index (χ1v) is 7.85. The monoisotopic (exact) mass is 339 g/mol. The number of nitrogens with zero attached hydrogens (tertiary/aromatic N) is 4. The van der Waals surface area contributed by atoms with Gasteiger partial charge in [-0.2, -0.15) is 10.4 Å². The number of nitriles is 1. The number of ether oxygens (including phenoxy) is 1. The Hall–Kier alpha value is -3.34. The Bertz CT molecular complexity index is 797. The van der Waals surface area contributed by atoms with E-state index in [0.29, 0.717) is 18.7 Å². The molecule has 1 aliphatic heterocycles. The Morgan fingerprint density at radius 3 is 3.08 bits per heavy atom. The van der Waals surface area contributed by atoms with Crippen LogP contribution >= 0.6 is 0 Å². The summed E-state index contributed by atoms with van der Waals surface area (Å²) in [5.74, 6) is -0.269. The van der Waals surface area contributed by atoms with Crippen molar-refractivity contribution in [3.8, 4) is 6.07 Å². The van der Waals surface area contributed by atoms with E-state index in [2.05, 4.69) is 16.5 Å². The molecule has 3 rings (SSSR count). The topological polar surface area (TPSA) is 100 Å². The van der Waals surface area contributed by atoms with E-state index in [0.717, 1.165) is 5.56 Å². The fourth-order valence-corrected chi connectivity index (χ4v) is 2.62. The molecule has 0 aliphatic carbocycles. The summed E-state index contributed by atoms with van der Waals surface area (Å²) in [5, 5.41) is 15.8. The summed E-state index contributed by atoms with van der Waals surface area (Å²) in [6.07, 6.45) is 2.94. The molecule has 2 aromatic rings. The largest absolute Gasteiger partial charge is 0.447 e. The van der Waals surface area contributed by atoms with E-state index in [-0.39, 0.29) is 19.1 Å². The number of cyclic esters (lactones) is 1. The van der Waals surface area contributed by atoms with Crippen LogP contribution < -0.4 is 5.32 Å². The van der Waals surface area contributed by atoms with E-state index in [4.69, 9.17) is 10.00 Å². The van der Waals surface area contributed by atoms with Crippen LogP contribution in [0.25, 0.3) is 0 Å². The summed E-state index contributed by atoms with van der Waals surface area (Å²) in [4.78, 5) is 25.7. The molecule has 1 fully saturated rings. The van der Waals surface area contributed by atoms with Gasteiger partial charge in [-0.3, -0.25) is 14.4 Å². The molecule has 8 nitrogen and oxygen atoms in total. The molecule has 1 aliphatic rings. The van der Waals surface area contributed by atoms with Gasteiger partial charge in [0.1, 0.15) is 12.6 Å². The van der Waals surface area contributed by atoms with Crippen LogP contribution in [0.15, 0.2) is 42.7 Å². The minimum absolute atomic E-state index is 0.0182. The second kappa shape index (κ2) is 7.49. The molecule has 0 radical (unpaired) electrons. The van der Waals surface area contributed by atoms with Crippen molar-refractivity contribution in [3.63, 3.8) is 0 Å². The molecular formula is C17H17N5O3. The number of aromatic nitrogens is 2. The predicted octanol–water partition coefficient (Wildman–Crippen LogP) is 0.892. The van der Waals surface area contributed by atoms with Gasteiger partial charge >= 0.3 is 6.09 Å². The second-order valence-electron chi connectivity index (χ2n) is 5.59. The summed E-state index contributed by atoms with van der Waals surface area (Å²) >= 11 is 0. The van der Waals surface area contributed by atoms with Gasteiger partial charge < -0.3 is 10.1 Å². The lowest BCUT2D eigenvalue weighted by Gasteiger charge is -2.21. The third kappa shape index (κ3) is 3.95. The van der Waals surface area contributed by atoms with Gasteiger partial charge in [-0.15, -0.1) is 0 Å². The van der Waals surface area contributed by atoms with Crippen LogP contribution in [0.1, 0.15) is 11.1 Å². The summed E-state index contributed by atoms with van der Waals surface area (Å²) in [7, 11) is 0. The first-order valence-electron chi connectivity index (χ1n) is 7.85. The fourth-order valence-electron chi connectivity index (χ4n) is 2.62. The molecule has 1 saturated heterocycles. The van der Waals surface area contributed by atoms with Crippen molar-refractivity contribution in [2.24, 2.45) is 0 Å². The smallest absolute Gasteiger partial charge is 0.410 e. The Morgan fingerprint density at radius 1 is 1.44 bits per heavy atom. The van der Waals surface area contributed by atoms with Crippen LogP contribution in [-0.2, 0) is 22.6 Å². The standard InChI is InChI=1S/C17H17N5O3/c18-10-13-3-1-4-14(9-13)11-22-15(12-25-17(22)24)16(23)19-6-8-21-7-2-5-20-21/h1-5,7,9,15H,6,8,11-12H2,(H,19,23)/t15-/m0/s1. The molecule has 8 heteroatoms. The zero-order valence-corrected chi connectivity index (χ0v) is 13.5. The molecule has 2 heterocycles. The lowest BCUT2D eigenvalue weighted by Crippen LogP contribution is -2.46. The van der Waals surface area contributed by atoms with E-state index in [1.54, 1.807) is 35.1 Å². The summed E-state index contributed by atoms with van der Waals surface area (Å²) in [6, 6.07) is 10.1. The maximum atomic E-state index is 12.4. The van der Waals surface area contributed by atoms with Gasteiger partial charge in [-0.25, -0.2) is 4.79 Å².